The highest BCUT2D eigenvalue weighted by Gasteiger charge is 2.13. The highest BCUT2D eigenvalue weighted by Crippen LogP contribution is 2.01. The molecule has 1 saturated heterocycles. The number of morpholine rings is 1. The summed E-state index contributed by atoms with van der Waals surface area (Å²) in [7, 11) is 0. The van der Waals surface area contributed by atoms with Gasteiger partial charge in [-0.05, 0) is 13.1 Å². The summed E-state index contributed by atoms with van der Waals surface area (Å²) in [5, 5.41) is 7.97. The number of rotatable bonds is 5. The molecule has 1 aliphatic rings. The summed E-state index contributed by atoms with van der Waals surface area (Å²) in [6.45, 7) is 10.8. The summed E-state index contributed by atoms with van der Waals surface area (Å²) in [6.07, 6.45) is 0.863. The third-order valence-corrected chi connectivity index (χ3v) is 2.95. The molecule has 0 spiro atoms. The van der Waals surface area contributed by atoms with Crippen LogP contribution in [-0.2, 0) is 4.74 Å². The molecular formula is C11H23N3O. The Balaban J connectivity index is 2.22. The van der Waals surface area contributed by atoms with Gasteiger partial charge in [-0.25, -0.2) is 0 Å². The molecular weight excluding hydrogens is 190 g/mol. The lowest BCUT2D eigenvalue weighted by atomic mass is 10.3. The Bertz CT molecular complexity index is 186. The molecule has 1 rings (SSSR count). The molecule has 0 atom stereocenters. The average Bonchev–Trinajstić information content (AvgIpc) is 2.31. The van der Waals surface area contributed by atoms with Crippen molar-refractivity contribution in [2.24, 2.45) is 0 Å². The second-order valence-electron chi connectivity index (χ2n) is 3.82. The maximum absolute atomic E-state index is 7.97. The number of nitrogens with zero attached hydrogens (tertiary/aromatic N) is 2. The standard InChI is InChI=1S/C11H23N3O/c1-3-13(4-2)6-5-11(12)14-7-9-15-10-8-14/h12H,3-10H2,1-2H3. The van der Waals surface area contributed by atoms with Crippen molar-refractivity contribution in [2.75, 3.05) is 45.9 Å². The molecule has 0 bridgehead atoms. The van der Waals surface area contributed by atoms with Crippen molar-refractivity contribution in [3.05, 3.63) is 0 Å². The molecule has 0 amide bonds. The summed E-state index contributed by atoms with van der Waals surface area (Å²) in [4.78, 5) is 4.49. The van der Waals surface area contributed by atoms with E-state index < -0.39 is 0 Å². The van der Waals surface area contributed by atoms with E-state index in [1.54, 1.807) is 0 Å². The van der Waals surface area contributed by atoms with Crippen LogP contribution in [0.25, 0.3) is 0 Å². The van der Waals surface area contributed by atoms with Crippen molar-refractivity contribution in [2.45, 2.75) is 20.3 Å². The smallest absolute Gasteiger partial charge is 0.0972 e. The summed E-state index contributed by atoms with van der Waals surface area (Å²) in [5.74, 6) is 0.769. The van der Waals surface area contributed by atoms with Crippen molar-refractivity contribution in [3.8, 4) is 0 Å². The van der Waals surface area contributed by atoms with Gasteiger partial charge in [0.1, 0.15) is 0 Å². The molecule has 1 heterocycles. The van der Waals surface area contributed by atoms with Gasteiger partial charge in [-0.3, -0.25) is 5.41 Å². The lowest BCUT2D eigenvalue weighted by Crippen LogP contribution is -2.41. The SMILES string of the molecule is CCN(CC)CCC(=N)N1CCOCC1. The Hall–Kier alpha value is -0.610. The van der Waals surface area contributed by atoms with Crippen LogP contribution >= 0.6 is 0 Å². The van der Waals surface area contributed by atoms with Crippen LogP contribution in [0.4, 0.5) is 0 Å². The molecule has 0 saturated carbocycles. The van der Waals surface area contributed by atoms with E-state index in [1.165, 1.54) is 0 Å². The average molecular weight is 213 g/mol. The molecule has 0 aromatic rings. The van der Waals surface area contributed by atoms with E-state index in [2.05, 4.69) is 23.6 Å². The maximum atomic E-state index is 7.97. The summed E-state index contributed by atoms with van der Waals surface area (Å²) in [5.41, 5.74) is 0. The second-order valence-corrected chi connectivity index (χ2v) is 3.82. The minimum absolute atomic E-state index is 0.769. The zero-order valence-corrected chi connectivity index (χ0v) is 9.96. The fraction of sp³-hybridized carbons (Fsp3) is 0.909. The topological polar surface area (TPSA) is 39.6 Å². The van der Waals surface area contributed by atoms with Crippen LogP contribution in [0.5, 0.6) is 0 Å². The molecule has 88 valence electrons. The zero-order valence-electron chi connectivity index (χ0n) is 9.96. The van der Waals surface area contributed by atoms with Crippen LogP contribution in [0, 0.1) is 5.41 Å². The van der Waals surface area contributed by atoms with Crippen LogP contribution in [0.2, 0.25) is 0 Å². The van der Waals surface area contributed by atoms with Gasteiger partial charge in [-0.2, -0.15) is 0 Å². The Labute approximate surface area is 92.7 Å². The molecule has 4 heteroatoms. The zero-order chi connectivity index (χ0) is 11.1. The van der Waals surface area contributed by atoms with Crippen molar-refractivity contribution < 1.29 is 4.74 Å². The molecule has 0 aromatic heterocycles. The quantitative estimate of drug-likeness (QED) is 0.547. The molecule has 0 unspecified atom stereocenters. The third kappa shape index (κ3) is 4.18. The summed E-state index contributed by atoms with van der Waals surface area (Å²) < 4.78 is 5.27. The van der Waals surface area contributed by atoms with Gasteiger partial charge in [0.05, 0.1) is 19.0 Å². The van der Waals surface area contributed by atoms with Crippen LogP contribution < -0.4 is 0 Å². The van der Waals surface area contributed by atoms with Gasteiger partial charge in [-0.15, -0.1) is 0 Å². The van der Waals surface area contributed by atoms with Gasteiger partial charge in [0, 0.05) is 26.1 Å². The third-order valence-electron chi connectivity index (χ3n) is 2.95. The lowest BCUT2D eigenvalue weighted by molar-refractivity contribution is 0.0665. The Kier molecular flexibility index (Phi) is 5.65. The van der Waals surface area contributed by atoms with Crippen LogP contribution in [0.1, 0.15) is 20.3 Å². The monoisotopic (exact) mass is 213 g/mol. The first-order valence-electron chi connectivity index (χ1n) is 5.90. The molecule has 1 fully saturated rings. The Morgan fingerprint density at radius 2 is 1.87 bits per heavy atom. The molecule has 0 radical (unpaired) electrons. The molecule has 4 nitrogen and oxygen atoms in total. The molecule has 1 aliphatic heterocycles. The summed E-state index contributed by atoms with van der Waals surface area (Å²) in [6, 6.07) is 0. The van der Waals surface area contributed by atoms with E-state index in [1.807, 2.05) is 0 Å². The van der Waals surface area contributed by atoms with Gasteiger partial charge < -0.3 is 14.5 Å². The van der Waals surface area contributed by atoms with Crippen LogP contribution in [0.15, 0.2) is 0 Å². The van der Waals surface area contributed by atoms with Crippen LogP contribution in [-0.4, -0.2) is 61.6 Å². The van der Waals surface area contributed by atoms with Crippen molar-refractivity contribution in [1.29, 1.82) is 5.41 Å². The fourth-order valence-electron chi connectivity index (χ4n) is 1.80. The minimum atomic E-state index is 0.769. The number of ether oxygens (including phenoxy) is 1. The van der Waals surface area contributed by atoms with Gasteiger partial charge in [0.2, 0.25) is 0 Å². The Morgan fingerprint density at radius 3 is 2.40 bits per heavy atom. The van der Waals surface area contributed by atoms with Gasteiger partial charge in [0.15, 0.2) is 0 Å². The van der Waals surface area contributed by atoms with Crippen molar-refractivity contribution in [1.82, 2.24) is 9.80 Å². The molecule has 15 heavy (non-hydrogen) atoms. The maximum Gasteiger partial charge on any atom is 0.0972 e. The number of nitrogens with one attached hydrogen (secondary N) is 1. The predicted molar refractivity (Wildman–Crippen MR) is 62.5 cm³/mol. The van der Waals surface area contributed by atoms with E-state index in [9.17, 15) is 0 Å². The van der Waals surface area contributed by atoms with Gasteiger partial charge >= 0.3 is 0 Å². The van der Waals surface area contributed by atoms with Crippen molar-refractivity contribution in [3.63, 3.8) is 0 Å². The predicted octanol–water partition coefficient (Wildman–Crippen LogP) is 1.03. The summed E-state index contributed by atoms with van der Waals surface area (Å²) >= 11 is 0. The van der Waals surface area contributed by atoms with Crippen molar-refractivity contribution >= 4 is 5.84 Å². The highest BCUT2D eigenvalue weighted by atomic mass is 16.5. The van der Waals surface area contributed by atoms with E-state index in [4.69, 9.17) is 10.1 Å². The lowest BCUT2D eigenvalue weighted by Gasteiger charge is -2.30. The second kappa shape index (κ2) is 6.80. The normalized spacial score (nSPS) is 17.1. The first-order chi connectivity index (χ1) is 7.27. The van der Waals surface area contributed by atoms with E-state index in [-0.39, 0.29) is 0 Å². The fourth-order valence-corrected chi connectivity index (χ4v) is 1.80. The van der Waals surface area contributed by atoms with E-state index >= 15 is 0 Å². The first-order valence-corrected chi connectivity index (χ1v) is 5.90. The van der Waals surface area contributed by atoms with E-state index in [0.717, 1.165) is 58.2 Å². The first kappa shape index (κ1) is 12.5. The number of hydrogen-bond donors (Lipinski definition) is 1. The highest BCUT2D eigenvalue weighted by molar-refractivity contribution is 5.79. The van der Waals surface area contributed by atoms with Gasteiger partial charge in [0.25, 0.3) is 0 Å². The molecule has 0 aliphatic carbocycles. The van der Waals surface area contributed by atoms with Crippen LogP contribution in [0.3, 0.4) is 0 Å². The Morgan fingerprint density at radius 1 is 1.27 bits per heavy atom. The minimum Gasteiger partial charge on any atom is -0.378 e. The largest absolute Gasteiger partial charge is 0.378 e. The number of amidine groups is 1. The molecule has 1 N–H and O–H groups in total. The van der Waals surface area contributed by atoms with Gasteiger partial charge in [-0.1, -0.05) is 13.8 Å². The number of hydrogen-bond acceptors (Lipinski definition) is 3. The molecule has 0 aromatic carbocycles. The van der Waals surface area contributed by atoms with E-state index in [0.29, 0.717) is 0 Å².